The summed E-state index contributed by atoms with van der Waals surface area (Å²) in [7, 11) is 0. The second kappa shape index (κ2) is 3.12. The van der Waals surface area contributed by atoms with E-state index in [2.05, 4.69) is 12.1 Å². The van der Waals surface area contributed by atoms with E-state index in [0.29, 0.717) is 12.2 Å². The van der Waals surface area contributed by atoms with Crippen molar-refractivity contribution in [2.24, 2.45) is 0 Å². The molecular formula is C10H13NO3. The van der Waals surface area contributed by atoms with Gasteiger partial charge in [-0.05, 0) is 19.8 Å². The second-order valence-corrected chi connectivity index (χ2v) is 3.86. The fraction of sp³-hybridized carbons (Fsp3) is 0.600. The molecule has 4 heteroatoms. The molecule has 0 spiro atoms. The Morgan fingerprint density at radius 2 is 2.43 bits per heavy atom. The molecule has 0 atom stereocenters. The number of carbonyl (C=O) groups is 1. The van der Waals surface area contributed by atoms with Gasteiger partial charge in [-0.15, -0.1) is 0 Å². The largest absolute Gasteiger partial charge is 0.462 e. The van der Waals surface area contributed by atoms with Crippen molar-refractivity contribution in [3.05, 3.63) is 17.5 Å². The number of esters is 1. The van der Waals surface area contributed by atoms with E-state index in [9.17, 15) is 4.79 Å². The average Bonchev–Trinajstić information content (AvgIpc) is 2.72. The van der Waals surface area contributed by atoms with E-state index < -0.39 is 0 Å². The van der Waals surface area contributed by atoms with Crippen molar-refractivity contribution in [3.63, 3.8) is 0 Å². The smallest absolute Gasteiger partial charge is 0.343 e. The number of rotatable bonds is 3. The highest BCUT2D eigenvalue weighted by atomic mass is 16.5. The van der Waals surface area contributed by atoms with Crippen LogP contribution in [0.2, 0.25) is 0 Å². The fourth-order valence-corrected chi connectivity index (χ4v) is 1.45. The van der Waals surface area contributed by atoms with E-state index in [4.69, 9.17) is 9.26 Å². The first kappa shape index (κ1) is 9.24. The minimum Gasteiger partial charge on any atom is -0.462 e. The molecule has 1 saturated carbocycles. The van der Waals surface area contributed by atoms with Gasteiger partial charge in [0.2, 0.25) is 0 Å². The summed E-state index contributed by atoms with van der Waals surface area (Å²) in [5, 5.41) is 3.88. The van der Waals surface area contributed by atoms with Crippen LogP contribution in [0.15, 0.2) is 10.8 Å². The zero-order valence-electron chi connectivity index (χ0n) is 8.37. The van der Waals surface area contributed by atoms with Gasteiger partial charge in [0.05, 0.1) is 6.61 Å². The Morgan fingerprint density at radius 1 is 1.71 bits per heavy atom. The Hall–Kier alpha value is -1.32. The zero-order valence-corrected chi connectivity index (χ0v) is 8.37. The molecule has 1 fully saturated rings. The lowest BCUT2D eigenvalue weighted by Crippen LogP contribution is -2.11. The van der Waals surface area contributed by atoms with Crippen molar-refractivity contribution in [1.82, 2.24) is 5.16 Å². The van der Waals surface area contributed by atoms with Crippen LogP contribution in [0.5, 0.6) is 0 Å². The maximum Gasteiger partial charge on any atom is 0.343 e. The Balaban J connectivity index is 2.25. The van der Waals surface area contributed by atoms with Crippen molar-refractivity contribution in [1.29, 1.82) is 0 Å². The number of carbonyl (C=O) groups excluding carboxylic acids is 1. The quantitative estimate of drug-likeness (QED) is 0.691. The van der Waals surface area contributed by atoms with Crippen LogP contribution in [-0.2, 0) is 10.2 Å². The molecule has 0 amide bonds. The molecule has 0 N–H and O–H groups in total. The van der Waals surface area contributed by atoms with Crippen LogP contribution in [0.25, 0.3) is 0 Å². The molecule has 0 radical (unpaired) electrons. The third kappa shape index (κ3) is 1.41. The Kier molecular flexibility index (Phi) is 2.06. The molecule has 1 aliphatic carbocycles. The van der Waals surface area contributed by atoms with E-state index in [1.165, 1.54) is 6.26 Å². The molecule has 4 nitrogen and oxygen atoms in total. The molecule has 1 aliphatic rings. The van der Waals surface area contributed by atoms with E-state index in [0.717, 1.165) is 18.5 Å². The lowest BCUT2D eigenvalue weighted by atomic mass is 10.0. The van der Waals surface area contributed by atoms with E-state index in [1.54, 1.807) is 6.92 Å². The Labute approximate surface area is 82.2 Å². The third-order valence-corrected chi connectivity index (χ3v) is 2.64. The first-order valence-electron chi connectivity index (χ1n) is 4.79. The predicted molar refractivity (Wildman–Crippen MR) is 49.0 cm³/mol. The molecule has 2 rings (SSSR count). The third-order valence-electron chi connectivity index (χ3n) is 2.64. The number of hydrogen-bond donors (Lipinski definition) is 0. The summed E-state index contributed by atoms with van der Waals surface area (Å²) in [6.45, 7) is 4.23. The highest BCUT2D eigenvalue weighted by molar-refractivity contribution is 5.90. The highest BCUT2D eigenvalue weighted by Crippen LogP contribution is 2.48. The van der Waals surface area contributed by atoms with Gasteiger partial charge in [-0.3, -0.25) is 0 Å². The molecule has 0 saturated heterocycles. The van der Waals surface area contributed by atoms with Gasteiger partial charge in [0.25, 0.3) is 0 Å². The zero-order chi connectivity index (χ0) is 10.2. The van der Waals surface area contributed by atoms with Crippen molar-refractivity contribution in [2.75, 3.05) is 6.61 Å². The van der Waals surface area contributed by atoms with E-state index >= 15 is 0 Å². The average molecular weight is 195 g/mol. The molecule has 0 aromatic carbocycles. The summed E-state index contributed by atoms with van der Waals surface area (Å²) >= 11 is 0. The highest BCUT2D eigenvalue weighted by Gasteiger charge is 2.44. The molecule has 0 aliphatic heterocycles. The number of nitrogens with zero attached hydrogens (tertiary/aromatic N) is 1. The lowest BCUT2D eigenvalue weighted by molar-refractivity contribution is 0.0523. The number of ether oxygens (including phenoxy) is 1. The maximum absolute atomic E-state index is 11.5. The van der Waals surface area contributed by atoms with Crippen LogP contribution in [0.1, 0.15) is 42.7 Å². The van der Waals surface area contributed by atoms with Crippen LogP contribution < -0.4 is 0 Å². The summed E-state index contributed by atoms with van der Waals surface area (Å²) in [5.74, 6) is -0.336. The topological polar surface area (TPSA) is 52.3 Å². The van der Waals surface area contributed by atoms with E-state index in [1.807, 2.05) is 0 Å². The van der Waals surface area contributed by atoms with Crippen LogP contribution in [0, 0.1) is 0 Å². The van der Waals surface area contributed by atoms with Gasteiger partial charge in [0.1, 0.15) is 17.5 Å². The number of aromatic nitrogens is 1. The van der Waals surface area contributed by atoms with E-state index in [-0.39, 0.29) is 11.4 Å². The first-order chi connectivity index (χ1) is 6.67. The molecular weight excluding hydrogens is 182 g/mol. The van der Waals surface area contributed by atoms with Crippen LogP contribution in [-0.4, -0.2) is 17.7 Å². The number of hydrogen-bond acceptors (Lipinski definition) is 4. The minimum atomic E-state index is -0.336. The Bertz CT molecular complexity index is 352. The molecule has 14 heavy (non-hydrogen) atoms. The molecule has 1 aromatic heterocycles. The monoisotopic (exact) mass is 195 g/mol. The normalized spacial score (nSPS) is 17.9. The SMILES string of the molecule is CCOC(=O)c1conc1C1(C)CC1. The second-order valence-electron chi connectivity index (χ2n) is 3.86. The summed E-state index contributed by atoms with van der Waals surface area (Å²) < 4.78 is 9.74. The van der Waals surface area contributed by atoms with Crippen molar-refractivity contribution in [3.8, 4) is 0 Å². The molecule has 1 aromatic rings. The predicted octanol–water partition coefficient (Wildman–Crippen LogP) is 1.90. The minimum absolute atomic E-state index is 0.0368. The van der Waals surface area contributed by atoms with Gasteiger partial charge in [0, 0.05) is 5.41 Å². The van der Waals surface area contributed by atoms with Crippen molar-refractivity contribution >= 4 is 5.97 Å². The van der Waals surface area contributed by atoms with Crippen LogP contribution in [0.4, 0.5) is 0 Å². The van der Waals surface area contributed by atoms with Gasteiger partial charge >= 0.3 is 5.97 Å². The van der Waals surface area contributed by atoms with Gasteiger partial charge in [0.15, 0.2) is 0 Å². The van der Waals surface area contributed by atoms with Gasteiger partial charge in [-0.1, -0.05) is 12.1 Å². The summed E-state index contributed by atoms with van der Waals surface area (Å²) in [5.41, 5.74) is 1.26. The lowest BCUT2D eigenvalue weighted by Gasteiger charge is -2.05. The van der Waals surface area contributed by atoms with Gasteiger partial charge in [-0.2, -0.15) is 0 Å². The standard InChI is InChI=1S/C10H13NO3/c1-3-13-9(12)7-6-14-11-8(7)10(2)4-5-10/h6H,3-5H2,1-2H3. The Morgan fingerprint density at radius 3 is 3.00 bits per heavy atom. The van der Waals surface area contributed by atoms with Crippen LogP contribution >= 0.6 is 0 Å². The van der Waals surface area contributed by atoms with Gasteiger partial charge in [-0.25, -0.2) is 4.79 Å². The van der Waals surface area contributed by atoms with Gasteiger partial charge < -0.3 is 9.26 Å². The van der Waals surface area contributed by atoms with Crippen molar-refractivity contribution in [2.45, 2.75) is 32.1 Å². The van der Waals surface area contributed by atoms with Crippen molar-refractivity contribution < 1.29 is 14.1 Å². The molecule has 0 bridgehead atoms. The molecule has 76 valence electrons. The summed E-state index contributed by atoms with van der Waals surface area (Å²) in [4.78, 5) is 11.5. The summed E-state index contributed by atoms with van der Waals surface area (Å²) in [6, 6.07) is 0. The maximum atomic E-state index is 11.5. The summed E-state index contributed by atoms with van der Waals surface area (Å²) in [6.07, 6.45) is 3.49. The van der Waals surface area contributed by atoms with Crippen LogP contribution in [0.3, 0.4) is 0 Å². The molecule has 0 unspecified atom stereocenters. The molecule has 1 heterocycles. The first-order valence-corrected chi connectivity index (χ1v) is 4.79. The fourth-order valence-electron chi connectivity index (χ4n) is 1.45.